The van der Waals surface area contributed by atoms with Crippen LogP contribution < -0.4 is 5.32 Å². The van der Waals surface area contributed by atoms with Crippen molar-refractivity contribution in [2.24, 2.45) is 0 Å². The zero-order valence-corrected chi connectivity index (χ0v) is 11.2. The molecule has 2 heterocycles. The van der Waals surface area contributed by atoms with Gasteiger partial charge in [-0.1, -0.05) is 12.8 Å². The van der Waals surface area contributed by atoms with Crippen LogP contribution in [-0.4, -0.2) is 20.4 Å². The maximum Gasteiger partial charge on any atom is 0.155 e. The second-order valence-electron chi connectivity index (χ2n) is 4.55. The third kappa shape index (κ3) is 2.35. The van der Waals surface area contributed by atoms with Crippen molar-refractivity contribution in [2.45, 2.75) is 38.3 Å². The van der Waals surface area contributed by atoms with Gasteiger partial charge in [-0.2, -0.15) is 0 Å². The third-order valence-corrected chi connectivity index (χ3v) is 3.78. The quantitative estimate of drug-likeness (QED) is 0.946. The van der Waals surface area contributed by atoms with Crippen LogP contribution in [0.25, 0.3) is 5.65 Å². The molecular formula is C12H15BrN4. The van der Waals surface area contributed by atoms with E-state index in [0.717, 1.165) is 16.8 Å². The smallest absolute Gasteiger partial charge is 0.155 e. The highest BCUT2D eigenvalue weighted by Crippen LogP contribution is 2.18. The Morgan fingerprint density at radius 3 is 2.94 bits per heavy atom. The number of imidazole rings is 1. The Labute approximate surface area is 109 Å². The first-order valence-corrected chi connectivity index (χ1v) is 6.83. The van der Waals surface area contributed by atoms with Gasteiger partial charge < -0.3 is 5.32 Å². The molecule has 5 heteroatoms. The average molecular weight is 295 g/mol. The molecular weight excluding hydrogens is 280 g/mol. The molecule has 3 rings (SSSR count). The lowest BCUT2D eigenvalue weighted by molar-refractivity contribution is 0.518. The van der Waals surface area contributed by atoms with E-state index in [0.29, 0.717) is 6.04 Å². The Bertz CT molecular complexity index is 516. The molecule has 0 aromatic carbocycles. The summed E-state index contributed by atoms with van der Waals surface area (Å²) in [5.41, 5.74) is 2.09. The topological polar surface area (TPSA) is 42.2 Å². The van der Waals surface area contributed by atoms with Crippen molar-refractivity contribution in [3.8, 4) is 0 Å². The van der Waals surface area contributed by atoms with E-state index >= 15 is 0 Å². The molecule has 90 valence electrons. The molecule has 4 nitrogen and oxygen atoms in total. The van der Waals surface area contributed by atoms with Gasteiger partial charge in [0.1, 0.15) is 4.60 Å². The van der Waals surface area contributed by atoms with Crippen LogP contribution in [0.5, 0.6) is 0 Å². The fourth-order valence-corrected chi connectivity index (χ4v) is 2.73. The van der Waals surface area contributed by atoms with Crippen LogP contribution in [-0.2, 0) is 6.54 Å². The lowest BCUT2D eigenvalue weighted by Gasteiger charge is -2.11. The fourth-order valence-electron chi connectivity index (χ4n) is 2.43. The highest BCUT2D eigenvalue weighted by atomic mass is 79.9. The molecule has 1 aliphatic carbocycles. The van der Waals surface area contributed by atoms with Crippen LogP contribution in [0.15, 0.2) is 23.2 Å². The number of aromatic nitrogens is 3. The first-order valence-electron chi connectivity index (χ1n) is 6.04. The summed E-state index contributed by atoms with van der Waals surface area (Å²) in [4.78, 5) is 8.52. The maximum atomic E-state index is 4.34. The summed E-state index contributed by atoms with van der Waals surface area (Å²) in [6.07, 6.45) is 11.0. The molecule has 0 spiro atoms. The summed E-state index contributed by atoms with van der Waals surface area (Å²) in [6, 6.07) is 0.686. The molecule has 0 amide bonds. The van der Waals surface area contributed by atoms with Gasteiger partial charge in [-0.05, 0) is 28.8 Å². The lowest BCUT2D eigenvalue weighted by atomic mass is 10.2. The molecule has 1 aliphatic rings. The Hall–Kier alpha value is -0.940. The molecule has 17 heavy (non-hydrogen) atoms. The SMILES string of the molecule is Brc1cn2c(CNC3CCCC3)cnc2cn1. The molecule has 0 saturated heterocycles. The van der Waals surface area contributed by atoms with Crippen LogP contribution in [0.1, 0.15) is 31.4 Å². The largest absolute Gasteiger partial charge is 0.308 e. The number of halogens is 1. The van der Waals surface area contributed by atoms with E-state index in [1.807, 2.05) is 12.4 Å². The minimum absolute atomic E-state index is 0.686. The van der Waals surface area contributed by atoms with E-state index in [9.17, 15) is 0 Å². The molecule has 0 unspecified atom stereocenters. The second kappa shape index (κ2) is 4.74. The van der Waals surface area contributed by atoms with Gasteiger partial charge in [-0.15, -0.1) is 0 Å². The number of fused-ring (bicyclic) bond motifs is 1. The van der Waals surface area contributed by atoms with E-state index in [-0.39, 0.29) is 0 Å². The number of nitrogens with zero attached hydrogens (tertiary/aromatic N) is 3. The predicted molar refractivity (Wildman–Crippen MR) is 69.8 cm³/mol. The highest BCUT2D eigenvalue weighted by Gasteiger charge is 2.14. The number of hydrogen-bond acceptors (Lipinski definition) is 3. The van der Waals surface area contributed by atoms with Crippen LogP contribution in [0.4, 0.5) is 0 Å². The van der Waals surface area contributed by atoms with Gasteiger partial charge >= 0.3 is 0 Å². The monoisotopic (exact) mass is 294 g/mol. The van der Waals surface area contributed by atoms with Gasteiger partial charge in [0.25, 0.3) is 0 Å². The van der Waals surface area contributed by atoms with E-state index in [1.165, 1.54) is 31.4 Å². The van der Waals surface area contributed by atoms with Crippen molar-refractivity contribution < 1.29 is 0 Å². The van der Waals surface area contributed by atoms with Crippen molar-refractivity contribution >= 4 is 21.6 Å². The molecule has 2 aromatic heterocycles. The average Bonchev–Trinajstić information content (AvgIpc) is 2.94. The Morgan fingerprint density at radius 2 is 2.12 bits per heavy atom. The minimum atomic E-state index is 0.686. The van der Waals surface area contributed by atoms with Gasteiger partial charge in [0.15, 0.2) is 5.65 Å². The summed E-state index contributed by atoms with van der Waals surface area (Å²) >= 11 is 3.39. The highest BCUT2D eigenvalue weighted by molar-refractivity contribution is 9.10. The molecule has 0 atom stereocenters. The molecule has 1 fully saturated rings. The summed E-state index contributed by atoms with van der Waals surface area (Å²) in [7, 11) is 0. The van der Waals surface area contributed by atoms with Crippen molar-refractivity contribution in [2.75, 3.05) is 0 Å². The standard InChI is InChI=1S/C12H15BrN4/c13-11-8-17-10(6-16-12(17)7-15-11)5-14-9-3-1-2-4-9/h6-9,14H,1-5H2. The van der Waals surface area contributed by atoms with E-state index in [2.05, 4.69) is 35.6 Å². The number of rotatable bonds is 3. The molecule has 0 radical (unpaired) electrons. The van der Waals surface area contributed by atoms with E-state index < -0.39 is 0 Å². The Balaban J connectivity index is 1.77. The third-order valence-electron chi connectivity index (χ3n) is 3.37. The van der Waals surface area contributed by atoms with Crippen molar-refractivity contribution in [3.05, 3.63) is 28.9 Å². The predicted octanol–water partition coefficient (Wildman–Crippen LogP) is 2.52. The van der Waals surface area contributed by atoms with Crippen LogP contribution in [0.3, 0.4) is 0 Å². The number of nitrogens with one attached hydrogen (secondary N) is 1. The van der Waals surface area contributed by atoms with Gasteiger partial charge in [-0.25, -0.2) is 9.97 Å². The van der Waals surface area contributed by atoms with Crippen molar-refractivity contribution in [3.63, 3.8) is 0 Å². The minimum Gasteiger partial charge on any atom is -0.308 e. The van der Waals surface area contributed by atoms with E-state index in [1.54, 1.807) is 6.20 Å². The van der Waals surface area contributed by atoms with Gasteiger partial charge in [0.05, 0.1) is 18.1 Å². The fraction of sp³-hybridized carbons (Fsp3) is 0.500. The molecule has 0 bridgehead atoms. The van der Waals surface area contributed by atoms with Gasteiger partial charge in [-0.3, -0.25) is 4.40 Å². The summed E-state index contributed by atoms with van der Waals surface area (Å²) in [5.74, 6) is 0. The molecule has 1 N–H and O–H groups in total. The summed E-state index contributed by atoms with van der Waals surface area (Å²) in [6.45, 7) is 0.877. The van der Waals surface area contributed by atoms with Crippen LogP contribution in [0, 0.1) is 0 Å². The molecule has 1 saturated carbocycles. The Morgan fingerprint density at radius 1 is 1.29 bits per heavy atom. The maximum absolute atomic E-state index is 4.34. The lowest BCUT2D eigenvalue weighted by Crippen LogP contribution is -2.25. The zero-order chi connectivity index (χ0) is 11.7. The zero-order valence-electron chi connectivity index (χ0n) is 9.56. The van der Waals surface area contributed by atoms with Crippen molar-refractivity contribution in [1.82, 2.24) is 19.7 Å². The van der Waals surface area contributed by atoms with Gasteiger partial charge in [0, 0.05) is 18.8 Å². The first kappa shape index (κ1) is 11.2. The van der Waals surface area contributed by atoms with Crippen molar-refractivity contribution in [1.29, 1.82) is 0 Å². The first-order chi connectivity index (χ1) is 8.33. The molecule has 2 aromatic rings. The van der Waals surface area contributed by atoms with E-state index in [4.69, 9.17) is 0 Å². The van der Waals surface area contributed by atoms with Crippen LogP contribution >= 0.6 is 15.9 Å². The van der Waals surface area contributed by atoms with Gasteiger partial charge in [0.2, 0.25) is 0 Å². The van der Waals surface area contributed by atoms with Crippen LogP contribution in [0.2, 0.25) is 0 Å². The summed E-state index contributed by atoms with van der Waals surface area (Å²) < 4.78 is 2.92. The molecule has 0 aliphatic heterocycles. The normalized spacial score (nSPS) is 17.0. The number of hydrogen-bond donors (Lipinski definition) is 1. The summed E-state index contributed by atoms with van der Waals surface area (Å²) in [5, 5.41) is 3.60. The Kier molecular flexibility index (Phi) is 3.11. The second-order valence-corrected chi connectivity index (χ2v) is 5.36.